The van der Waals surface area contributed by atoms with Gasteiger partial charge in [-0.3, -0.25) is 4.79 Å². The number of amides is 1. The highest BCUT2D eigenvalue weighted by Crippen LogP contribution is 2.34. The molecule has 3 aromatic carbocycles. The zero-order chi connectivity index (χ0) is 26.4. The summed E-state index contributed by atoms with van der Waals surface area (Å²) in [6.45, 7) is 0.828. The molecule has 0 radical (unpaired) electrons. The standard InChI is InChI=1S/C25H20F5NO4S/c1-14(25(28,29)30)35-22-9-8-18(36(2,33)34)11-19(22)24(32)31-12-16-7-6-15(10-17(16)13-31)23-20(26)4-3-5-21(23)27/h3-11,14H,12-13H2,1-2H3. The van der Waals surface area contributed by atoms with Gasteiger partial charge in [-0.1, -0.05) is 18.2 Å². The predicted octanol–water partition coefficient (Wildman–Crippen LogP) is 5.52. The number of hydrogen-bond donors (Lipinski definition) is 0. The van der Waals surface area contributed by atoms with Crippen molar-refractivity contribution in [3.8, 4) is 16.9 Å². The van der Waals surface area contributed by atoms with Crippen molar-refractivity contribution < 1.29 is 39.9 Å². The monoisotopic (exact) mass is 525 g/mol. The van der Waals surface area contributed by atoms with E-state index in [0.717, 1.165) is 43.5 Å². The van der Waals surface area contributed by atoms with E-state index in [-0.39, 0.29) is 34.7 Å². The zero-order valence-electron chi connectivity index (χ0n) is 19.1. The summed E-state index contributed by atoms with van der Waals surface area (Å²) in [4.78, 5) is 14.4. The van der Waals surface area contributed by atoms with Crippen LogP contribution in [0.5, 0.6) is 5.75 Å². The maximum atomic E-state index is 14.2. The molecular weight excluding hydrogens is 505 g/mol. The van der Waals surface area contributed by atoms with Gasteiger partial charge in [-0.05, 0) is 60.0 Å². The lowest BCUT2D eigenvalue weighted by Gasteiger charge is -2.22. The Labute approximate surface area is 204 Å². The average Bonchev–Trinajstić information content (AvgIpc) is 3.21. The number of sulfone groups is 1. The molecule has 190 valence electrons. The van der Waals surface area contributed by atoms with Gasteiger partial charge < -0.3 is 9.64 Å². The first-order chi connectivity index (χ1) is 16.8. The number of rotatable bonds is 5. The van der Waals surface area contributed by atoms with Crippen molar-refractivity contribution in [1.29, 1.82) is 0 Å². The SMILES string of the molecule is CC(Oc1ccc(S(C)(=O)=O)cc1C(=O)N1Cc2ccc(-c3c(F)cccc3F)cc2C1)C(F)(F)F. The van der Waals surface area contributed by atoms with Gasteiger partial charge in [0, 0.05) is 19.3 Å². The zero-order valence-corrected chi connectivity index (χ0v) is 19.9. The summed E-state index contributed by atoms with van der Waals surface area (Å²) in [7, 11) is -3.77. The summed E-state index contributed by atoms with van der Waals surface area (Å²) in [6.07, 6.45) is -6.05. The highest BCUT2D eigenvalue weighted by Gasteiger charge is 2.39. The van der Waals surface area contributed by atoms with Crippen molar-refractivity contribution in [3.05, 3.63) is 82.9 Å². The molecule has 1 aliphatic rings. The quantitative estimate of drug-likeness (QED) is 0.412. The molecule has 1 heterocycles. The van der Waals surface area contributed by atoms with Gasteiger partial charge in [0.15, 0.2) is 15.9 Å². The molecule has 4 rings (SSSR count). The fourth-order valence-electron chi connectivity index (χ4n) is 3.90. The summed E-state index contributed by atoms with van der Waals surface area (Å²) in [5, 5.41) is 0. The molecule has 1 amide bonds. The number of alkyl halides is 3. The average molecular weight is 525 g/mol. The Morgan fingerprint density at radius 3 is 2.22 bits per heavy atom. The number of carbonyl (C=O) groups is 1. The van der Waals surface area contributed by atoms with Crippen LogP contribution in [-0.2, 0) is 22.9 Å². The number of fused-ring (bicyclic) bond motifs is 1. The van der Waals surface area contributed by atoms with Crippen molar-refractivity contribution in [2.24, 2.45) is 0 Å². The van der Waals surface area contributed by atoms with Crippen LogP contribution in [0.15, 0.2) is 59.5 Å². The van der Waals surface area contributed by atoms with Crippen LogP contribution in [0.25, 0.3) is 11.1 Å². The lowest BCUT2D eigenvalue weighted by Crippen LogP contribution is -2.32. The largest absolute Gasteiger partial charge is 0.480 e. The van der Waals surface area contributed by atoms with Gasteiger partial charge in [-0.2, -0.15) is 13.2 Å². The molecule has 11 heteroatoms. The summed E-state index contributed by atoms with van der Waals surface area (Å²) < 4.78 is 96.7. The Bertz CT molecular complexity index is 1430. The predicted molar refractivity (Wildman–Crippen MR) is 121 cm³/mol. The summed E-state index contributed by atoms with van der Waals surface area (Å²) >= 11 is 0. The normalized spacial score (nSPS) is 14.5. The summed E-state index contributed by atoms with van der Waals surface area (Å²) in [5.74, 6) is -2.67. The number of benzene rings is 3. The topological polar surface area (TPSA) is 63.7 Å². The van der Waals surface area contributed by atoms with Crippen LogP contribution < -0.4 is 4.74 Å². The number of ether oxygens (including phenoxy) is 1. The second kappa shape index (κ2) is 9.20. The van der Waals surface area contributed by atoms with E-state index in [2.05, 4.69) is 0 Å². The first kappa shape index (κ1) is 25.6. The van der Waals surface area contributed by atoms with E-state index in [1.807, 2.05) is 0 Å². The first-order valence-electron chi connectivity index (χ1n) is 10.7. The van der Waals surface area contributed by atoms with Crippen LogP contribution in [0, 0.1) is 11.6 Å². The minimum Gasteiger partial charge on any atom is -0.480 e. The van der Waals surface area contributed by atoms with Crippen molar-refractivity contribution in [1.82, 2.24) is 4.90 Å². The van der Waals surface area contributed by atoms with Crippen LogP contribution in [0.3, 0.4) is 0 Å². The van der Waals surface area contributed by atoms with Gasteiger partial charge >= 0.3 is 6.18 Å². The van der Waals surface area contributed by atoms with Crippen LogP contribution in [0.1, 0.15) is 28.4 Å². The molecular formula is C25H20F5NO4S. The van der Waals surface area contributed by atoms with Crippen molar-refractivity contribution in [2.75, 3.05) is 6.26 Å². The fourth-order valence-corrected chi connectivity index (χ4v) is 4.55. The molecule has 0 spiro atoms. The van der Waals surface area contributed by atoms with Crippen molar-refractivity contribution in [3.63, 3.8) is 0 Å². The van der Waals surface area contributed by atoms with E-state index >= 15 is 0 Å². The molecule has 1 atom stereocenters. The van der Waals surface area contributed by atoms with Gasteiger partial charge in [0.1, 0.15) is 17.4 Å². The Morgan fingerprint density at radius 1 is 0.972 bits per heavy atom. The van der Waals surface area contributed by atoms with Crippen LogP contribution in [0.4, 0.5) is 22.0 Å². The minimum atomic E-state index is -4.71. The van der Waals surface area contributed by atoms with Crippen molar-refractivity contribution >= 4 is 15.7 Å². The summed E-state index contributed by atoms with van der Waals surface area (Å²) in [6, 6.07) is 11.2. The van der Waals surface area contributed by atoms with Gasteiger partial charge in [-0.25, -0.2) is 17.2 Å². The number of nitrogens with zero attached hydrogens (tertiary/aromatic N) is 1. The molecule has 1 aliphatic heterocycles. The van der Waals surface area contributed by atoms with Gasteiger partial charge in [0.25, 0.3) is 5.91 Å². The second-order valence-corrected chi connectivity index (χ2v) is 10.5. The van der Waals surface area contributed by atoms with Gasteiger partial charge in [0.2, 0.25) is 0 Å². The van der Waals surface area contributed by atoms with E-state index < -0.39 is 45.4 Å². The molecule has 0 bridgehead atoms. The molecule has 0 aliphatic carbocycles. The van der Waals surface area contributed by atoms with Crippen LogP contribution >= 0.6 is 0 Å². The molecule has 36 heavy (non-hydrogen) atoms. The third kappa shape index (κ3) is 5.06. The first-order valence-corrected chi connectivity index (χ1v) is 12.6. The van der Waals surface area contributed by atoms with Crippen molar-refractivity contribution in [2.45, 2.75) is 37.2 Å². The van der Waals surface area contributed by atoms with E-state index in [9.17, 15) is 35.2 Å². The number of hydrogen-bond acceptors (Lipinski definition) is 4. The summed E-state index contributed by atoms with van der Waals surface area (Å²) in [5.41, 5.74) is 0.967. The Hall–Kier alpha value is -3.47. The Morgan fingerprint density at radius 2 is 1.61 bits per heavy atom. The van der Waals surface area contributed by atoms with E-state index in [4.69, 9.17) is 4.74 Å². The molecule has 0 aromatic heterocycles. The number of carbonyl (C=O) groups excluding carboxylic acids is 1. The second-order valence-electron chi connectivity index (χ2n) is 8.47. The lowest BCUT2D eigenvalue weighted by atomic mass is 10.00. The molecule has 3 aromatic rings. The van der Waals surface area contributed by atoms with E-state index in [1.165, 1.54) is 17.0 Å². The molecule has 1 unspecified atom stereocenters. The maximum absolute atomic E-state index is 14.2. The van der Waals surface area contributed by atoms with Crippen LogP contribution in [-0.4, -0.2) is 37.8 Å². The van der Waals surface area contributed by atoms with E-state index in [1.54, 1.807) is 12.1 Å². The third-order valence-corrected chi connectivity index (χ3v) is 6.95. The smallest absolute Gasteiger partial charge is 0.425 e. The van der Waals surface area contributed by atoms with Gasteiger partial charge in [-0.15, -0.1) is 0 Å². The Balaban J connectivity index is 1.68. The highest BCUT2D eigenvalue weighted by molar-refractivity contribution is 7.90. The Kier molecular flexibility index (Phi) is 6.54. The van der Waals surface area contributed by atoms with E-state index in [0.29, 0.717) is 11.1 Å². The number of halogens is 5. The minimum absolute atomic E-state index is 0.00452. The molecule has 0 saturated heterocycles. The van der Waals surface area contributed by atoms with Gasteiger partial charge in [0.05, 0.1) is 16.0 Å². The third-order valence-electron chi connectivity index (χ3n) is 5.84. The van der Waals surface area contributed by atoms with Crippen LogP contribution in [0.2, 0.25) is 0 Å². The molecule has 5 nitrogen and oxygen atoms in total. The molecule has 0 fully saturated rings. The molecule has 0 N–H and O–H groups in total. The lowest BCUT2D eigenvalue weighted by molar-refractivity contribution is -0.189. The fraction of sp³-hybridized carbons (Fsp3) is 0.240. The highest BCUT2D eigenvalue weighted by atomic mass is 32.2. The molecule has 0 saturated carbocycles. The maximum Gasteiger partial charge on any atom is 0.425 e.